The summed E-state index contributed by atoms with van der Waals surface area (Å²) < 4.78 is 0. The topological polar surface area (TPSA) is 78.4 Å². The minimum Gasteiger partial charge on any atom is -0.353 e. The van der Waals surface area contributed by atoms with Gasteiger partial charge in [0.25, 0.3) is 5.91 Å². The molecule has 0 atom stereocenters. The lowest BCUT2D eigenvalue weighted by Crippen LogP contribution is -2.46. The lowest BCUT2D eigenvalue weighted by Gasteiger charge is -2.33. The van der Waals surface area contributed by atoms with Crippen LogP contribution in [-0.2, 0) is 4.79 Å². The van der Waals surface area contributed by atoms with E-state index in [-0.39, 0.29) is 5.91 Å². The Balaban J connectivity index is 1.89. The molecule has 0 unspecified atom stereocenters. The van der Waals surface area contributed by atoms with Crippen molar-refractivity contribution in [2.45, 2.75) is 19.8 Å². The lowest BCUT2D eigenvalue weighted by molar-refractivity contribution is -0.118. The summed E-state index contributed by atoms with van der Waals surface area (Å²) in [5.74, 6) is 1.07. The third kappa shape index (κ3) is 4.81. The molecule has 1 aromatic heterocycles. The Kier molecular flexibility index (Phi) is 6.35. The van der Waals surface area contributed by atoms with Crippen molar-refractivity contribution in [2.75, 3.05) is 37.6 Å². The van der Waals surface area contributed by atoms with E-state index >= 15 is 0 Å². The van der Waals surface area contributed by atoms with Crippen LogP contribution in [0.5, 0.6) is 0 Å². The van der Waals surface area contributed by atoms with E-state index in [1.54, 1.807) is 11.0 Å². The zero-order chi connectivity index (χ0) is 19.1. The van der Waals surface area contributed by atoms with Gasteiger partial charge < -0.3 is 15.1 Å². The fourth-order valence-corrected chi connectivity index (χ4v) is 2.95. The molecule has 1 saturated heterocycles. The summed E-state index contributed by atoms with van der Waals surface area (Å²) in [6.07, 6.45) is 2.83. The number of unbranched alkanes of at least 4 members (excludes halogenated alkanes) is 1. The Bertz CT molecular complexity index is 773. The van der Waals surface area contributed by atoms with Crippen LogP contribution in [-0.4, -0.2) is 59.9 Å². The average Bonchev–Trinajstić information content (AvgIpc) is 2.74. The Morgan fingerprint density at radius 1 is 1.15 bits per heavy atom. The second kappa shape index (κ2) is 9.12. The summed E-state index contributed by atoms with van der Waals surface area (Å²) in [5.41, 5.74) is 1.24. The monoisotopic (exact) mass is 367 g/mol. The van der Waals surface area contributed by atoms with Crippen molar-refractivity contribution in [2.24, 2.45) is 0 Å². The molecule has 0 aliphatic carbocycles. The molecule has 0 bridgehead atoms. The molecule has 142 valence electrons. The summed E-state index contributed by atoms with van der Waals surface area (Å²) in [6, 6.07) is 11.4. The number of piperazine rings is 1. The maximum Gasteiger partial charge on any atom is 0.270 e. The van der Waals surface area contributed by atoms with Gasteiger partial charge >= 0.3 is 0 Å². The molecule has 2 heterocycles. The third-order valence-corrected chi connectivity index (χ3v) is 4.58. The number of anilines is 1. The van der Waals surface area contributed by atoms with Crippen molar-refractivity contribution in [1.29, 1.82) is 0 Å². The Morgan fingerprint density at radius 2 is 1.89 bits per heavy atom. The Labute approximate surface area is 159 Å². The standard InChI is InChI=1S/C20H25N5O2/c1-2-3-9-21-20(27)17-14-18(25-12-10-24(15-26)11-13-25)23-19(22-17)16-7-5-4-6-8-16/h4-8,14-15H,2-3,9-13H2,1H3,(H,21,27). The SMILES string of the molecule is CCCCNC(=O)c1cc(N2CCN(C=O)CC2)nc(-c2ccccc2)n1. The maximum absolute atomic E-state index is 12.6. The van der Waals surface area contributed by atoms with Crippen LogP contribution in [0.3, 0.4) is 0 Å². The van der Waals surface area contributed by atoms with E-state index < -0.39 is 0 Å². The van der Waals surface area contributed by atoms with Gasteiger partial charge in [0.05, 0.1) is 0 Å². The minimum absolute atomic E-state index is 0.184. The average molecular weight is 367 g/mol. The molecule has 27 heavy (non-hydrogen) atoms. The highest BCUT2D eigenvalue weighted by Gasteiger charge is 2.20. The first-order valence-electron chi connectivity index (χ1n) is 9.38. The van der Waals surface area contributed by atoms with Crippen LogP contribution in [0.4, 0.5) is 5.82 Å². The zero-order valence-electron chi connectivity index (χ0n) is 15.6. The molecule has 1 aromatic carbocycles. The van der Waals surface area contributed by atoms with Crippen molar-refractivity contribution < 1.29 is 9.59 Å². The maximum atomic E-state index is 12.6. The third-order valence-electron chi connectivity index (χ3n) is 4.58. The van der Waals surface area contributed by atoms with Crippen LogP contribution < -0.4 is 10.2 Å². The fourth-order valence-electron chi connectivity index (χ4n) is 2.95. The Hall–Kier alpha value is -2.96. The highest BCUT2D eigenvalue weighted by atomic mass is 16.2. The van der Waals surface area contributed by atoms with Crippen molar-refractivity contribution in [3.8, 4) is 11.4 Å². The van der Waals surface area contributed by atoms with Crippen LogP contribution in [0.2, 0.25) is 0 Å². The lowest BCUT2D eigenvalue weighted by atomic mass is 10.2. The van der Waals surface area contributed by atoms with Crippen LogP contribution >= 0.6 is 0 Å². The molecule has 1 N–H and O–H groups in total. The zero-order valence-corrected chi connectivity index (χ0v) is 15.6. The highest BCUT2D eigenvalue weighted by Crippen LogP contribution is 2.21. The van der Waals surface area contributed by atoms with Crippen LogP contribution in [0.25, 0.3) is 11.4 Å². The van der Waals surface area contributed by atoms with E-state index in [2.05, 4.69) is 27.1 Å². The Morgan fingerprint density at radius 3 is 2.56 bits per heavy atom. The number of aromatic nitrogens is 2. The second-order valence-electron chi connectivity index (χ2n) is 6.54. The van der Waals surface area contributed by atoms with Gasteiger partial charge in [-0.05, 0) is 6.42 Å². The van der Waals surface area contributed by atoms with Crippen molar-refractivity contribution >= 4 is 18.1 Å². The molecule has 7 nitrogen and oxygen atoms in total. The number of carbonyl (C=O) groups is 2. The molecule has 1 aliphatic rings. The summed E-state index contributed by atoms with van der Waals surface area (Å²) in [4.78, 5) is 36.5. The molecule has 7 heteroatoms. The van der Waals surface area contributed by atoms with Crippen molar-refractivity contribution in [3.63, 3.8) is 0 Å². The van der Waals surface area contributed by atoms with Gasteiger partial charge in [-0.15, -0.1) is 0 Å². The fraction of sp³-hybridized carbons (Fsp3) is 0.400. The summed E-state index contributed by atoms with van der Waals surface area (Å²) in [5, 5.41) is 2.92. The quantitative estimate of drug-likeness (QED) is 0.598. The molecule has 0 saturated carbocycles. The van der Waals surface area contributed by atoms with Gasteiger partial charge in [-0.3, -0.25) is 9.59 Å². The van der Waals surface area contributed by atoms with Gasteiger partial charge in [0, 0.05) is 44.4 Å². The molecule has 2 amide bonds. The summed E-state index contributed by atoms with van der Waals surface area (Å²) in [7, 11) is 0. The van der Waals surface area contributed by atoms with Gasteiger partial charge in [0.1, 0.15) is 11.5 Å². The number of hydrogen-bond acceptors (Lipinski definition) is 5. The number of nitrogens with one attached hydrogen (secondary N) is 1. The molecule has 0 spiro atoms. The highest BCUT2D eigenvalue weighted by molar-refractivity contribution is 5.93. The van der Waals surface area contributed by atoms with Crippen LogP contribution in [0, 0.1) is 0 Å². The van der Waals surface area contributed by atoms with E-state index in [9.17, 15) is 9.59 Å². The minimum atomic E-state index is -0.184. The molecule has 0 radical (unpaired) electrons. The molecule has 1 fully saturated rings. The van der Waals surface area contributed by atoms with Gasteiger partial charge in [0.2, 0.25) is 6.41 Å². The number of benzene rings is 1. The van der Waals surface area contributed by atoms with Gasteiger partial charge in [-0.2, -0.15) is 0 Å². The first-order valence-corrected chi connectivity index (χ1v) is 9.38. The summed E-state index contributed by atoms with van der Waals surface area (Å²) >= 11 is 0. The van der Waals surface area contributed by atoms with Crippen molar-refractivity contribution in [1.82, 2.24) is 20.2 Å². The largest absolute Gasteiger partial charge is 0.353 e. The molecular formula is C20H25N5O2. The molecule has 3 rings (SSSR count). The molecule has 2 aromatic rings. The van der Waals surface area contributed by atoms with Crippen molar-refractivity contribution in [3.05, 3.63) is 42.1 Å². The predicted molar refractivity (Wildman–Crippen MR) is 105 cm³/mol. The number of amides is 2. The smallest absolute Gasteiger partial charge is 0.270 e. The summed E-state index contributed by atoms with van der Waals surface area (Å²) in [6.45, 7) is 5.37. The van der Waals surface area contributed by atoms with E-state index in [0.29, 0.717) is 44.2 Å². The van der Waals surface area contributed by atoms with Crippen LogP contribution in [0.15, 0.2) is 36.4 Å². The normalized spacial score (nSPS) is 14.1. The first kappa shape index (κ1) is 18.8. The number of carbonyl (C=O) groups excluding carboxylic acids is 2. The van der Waals surface area contributed by atoms with E-state index in [1.807, 2.05) is 30.3 Å². The van der Waals surface area contributed by atoms with E-state index in [1.165, 1.54) is 0 Å². The van der Waals surface area contributed by atoms with E-state index in [0.717, 1.165) is 30.6 Å². The van der Waals surface area contributed by atoms with Gasteiger partial charge in [0.15, 0.2) is 5.82 Å². The molecular weight excluding hydrogens is 342 g/mol. The first-order chi connectivity index (χ1) is 13.2. The predicted octanol–water partition coefficient (Wildman–Crippen LogP) is 1.95. The number of rotatable bonds is 7. The van der Waals surface area contributed by atoms with Gasteiger partial charge in [-0.25, -0.2) is 9.97 Å². The van der Waals surface area contributed by atoms with Crippen LogP contribution in [0.1, 0.15) is 30.3 Å². The van der Waals surface area contributed by atoms with E-state index in [4.69, 9.17) is 0 Å². The van der Waals surface area contributed by atoms with Gasteiger partial charge in [-0.1, -0.05) is 43.7 Å². The number of nitrogens with zero attached hydrogens (tertiary/aromatic N) is 4. The molecule has 1 aliphatic heterocycles. The number of hydrogen-bond donors (Lipinski definition) is 1. The second-order valence-corrected chi connectivity index (χ2v) is 6.54.